The molecular weight excluding hydrogens is 314 g/mol. The summed E-state index contributed by atoms with van der Waals surface area (Å²) in [7, 11) is -7.20. The maximum atomic E-state index is 12.3. The van der Waals surface area contributed by atoms with Gasteiger partial charge in [-0.15, -0.1) is 0 Å². The normalized spacial score (nSPS) is 15.7. The van der Waals surface area contributed by atoms with Crippen molar-refractivity contribution < 1.29 is 16.8 Å². The van der Waals surface area contributed by atoms with Gasteiger partial charge >= 0.3 is 0 Å². The zero-order valence-corrected chi connectivity index (χ0v) is 13.1. The van der Waals surface area contributed by atoms with Gasteiger partial charge in [0.2, 0.25) is 20.0 Å². The van der Waals surface area contributed by atoms with Crippen molar-refractivity contribution in [2.75, 3.05) is 18.8 Å². The molecule has 118 valence electrons. The van der Waals surface area contributed by atoms with Crippen molar-refractivity contribution >= 4 is 20.0 Å². The predicted molar refractivity (Wildman–Crippen MR) is 79.6 cm³/mol. The Kier molecular flexibility index (Phi) is 4.99. The highest BCUT2D eigenvalue weighted by Gasteiger charge is 2.21. The lowest BCUT2D eigenvalue weighted by atomic mass is 10.0. The minimum absolute atomic E-state index is 0.0423. The lowest BCUT2D eigenvalue weighted by Gasteiger charge is -2.20. The number of rotatable bonds is 6. The first-order chi connectivity index (χ1) is 9.80. The van der Waals surface area contributed by atoms with E-state index in [1.165, 1.54) is 0 Å². The summed E-state index contributed by atoms with van der Waals surface area (Å²) in [6.07, 6.45) is 0.804. The van der Waals surface area contributed by atoms with Gasteiger partial charge in [0.15, 0.2) is 0 Å². The van der Waals surface area contributed by atoms with Crippen molar-refractivity contribution in [1.29, 1.82) is 0 Å². The summed E-state index contributed by atoms with van der Waals surface area (Å²) in [4.78, 5) is 0.275. The Morgan fingerprint density at radius 1 is 1.24 bits per heavy atom. The number of benzene rings is 1. The smallest absolute Gasteiger partial charge is 0.240 e. The third-order valence-electron chi connectivity index (χ3n) is 3.28. The highest BCUT2D eigenvalue weighted by atomic mass is 32.2. The Bertz CT molecular complexity index is 714. The number of primary sulfonamides is 1. The van der Waals surface area contributed by atoms with E-state index in [0.29, 0.717) is 13.0 Å². The van der Waals surface area contributed by atoms with Gasteiger partial charge in [-0.05, 0) is 36.6 Å². The third-order valence-corrected chi connectivity index (χ3v) is 5.69. The fourth-order valence-corrected chi connectivity index (χ4v) is 4.24. The summed E-state index contributed by atoms with van der Waals surface area (Å²) in [5, 5.41) is 8.07. The van der Waals surface area contributed by atoms with Crippen LogP contribution in [-0.4, -0.2) is 35.7 Å². The molecule has 1 aromatic rings. The molecule has 1 heterocycles. The number of nitrogens with two attached hydrogens (primary N) is 1. The lowest BCUT2D eigenvalue weighted by molar-refractivity contribution is 0.572. The summed E-state index contributed by atoms with van der Waals surface area (Å²) >= 11 is 0. The second-order valence-electron chi connectivity index (χ2n) is 4.94. The van der Waals surface area contributed by atoms with E-state index in [1.807, 2.05) is 6.07 Å². The maximum Gasteiger partial charge on any atom is 0.240 e. The van der Waals surface area contributed by atoms with Crippen LogP contribution >= 0.6 is 0 Å². The minimum atomic E-state index is -3.63. The Balaban J connectivity index is 2.10. The molecule has 0 spiro atoms. The van der Waals surface area contributed by atoms with E-state index in [-0.39, 0.29) is 23.6 Å². The molecule has 0 aliphatic carbocycles. The number of sulfonamides is 2. The van der Waals surface area contributed by atoms with Gasteiger partial charge in [-0.2, -0.15) is 0 Å². The third kappa shape index (κ3) is 4.48. The molecule has 2 rings (SSSR count). The summed E-state index contributed by atoms with van der Waals surface area (Å²) in [6, 6.07) is 5.19. The SMILES string of the molecule is NS(=O)(=O)CCCNS(=O)(=O)c1cccc2c1CCNC2. The summed E-state index contributed by atoms with van der Waals surface area (Å²) in [5.74, 6) is -0.244. The molecule has 4 N–H and O–H groups in total. The molecule has 0 saturated carbocycles. The molecule has 1 aromatic carbocycles. The molecule has 9 heteroatoms. The zero-order valence-electron chi connectivity index (χ0n) is 11.5. The van der Waals surface area contributed by atoms with Gasteiger partial charge in [0, 0.05) is 13.1 Å². The van der Waals surface area contributed by atoms with E-state index in [0.717, 1.165) is 17.7 Å². The highest BCUT2D eigenvalue weighted by Crippen LogP contribution is 2.22. The van der Waals surface area contributed by atoms with Crippen LogP contribution in [0.25, 0.3) is 0 Å². The van der Waals surface area contributed by atoms with Crippen LogP contribution in [0.4, 0.5) is 0 Å². The minimum Gasteiger partial charge on any atom is -0.312 e. The van der Waals surface area contributed by atoms with Crippen molar-refractivity contribution in [3.05, 3.63) is 29.3 Å². The van der Waals surface area contributed by atoms with Crippen molar-refractivity contribution in [3.63, 3.8) is 0 Å². The van der Waals surface area contributed by atoms with Crippen molar-refractivity contribution in [1.82, 2.24) is 10.0 Å². The maximum absolute atomic E-state index is 12.3. The monoisotopic (exact) mass is 333 g/mol. The summed E-state index contributed by atoms with van der Waals surface area (Å²) in [5.41, 5.74) is 1.81. The van der Waals surface area contributed by atoms with Gasteiger partial charge in [-0.1, -0.05) is 12.1 Å². The van der Waals surface area contributed by atoms with Crippen LogP contribution in [0, 0.1) is 0 Å². The summed E-state index contributed by atoms with van der Waals surface area (Å²) in [6.45, 7) is 1.44. The average Bonchev–Trinajstić information content (AvgIpc) is 2.42. The van der Waals surface area contributed by atoms with Crippen LogP contribution in [0.1, 0.15) is 17.5 Å². The molecule has 0 saturated heterocycles. The van der Waals surface area contributed by atoms with Crippen LogP contribution < -0.4 is 15.2 Å². The first-order valence-corrected chi connectivity index (χ1v) is 9.81. The van der Waals surface area contributed by atoms with E-state index < -0.39 is 20.0 Å². The van der Waals surface area contributed by atoms with E-state index in [1.54, 1.807) is 12.1 Å². The molecule has 0 fully saturated rings. The topological polar surface area (TPSA) is 118 Å². The quantitative estimate of drug-likeness (QED) is 0.594. The molecule has 0 radical (unpaired) electrons. The van der Waals surface area contributed by atoms with Gasteiger partial charge in [-0.3, -0.25) is 0 Å². The number of fused-ring (bicyclic) bond motifs is 1. The Labute approximate surface area is 125 Å². The fraction of sp³-hybridized carbons (Fsp3) is 0.500. The molecule has 21 heavy (non-hydrogen) atoms. The van der Waals surface area contributed by atoms with E-state index in [4.69, 9.17) is 5.14 Å². The van der Waals surface area contributed by atoms with Gasteiger partial charge in [0.05, 0.1) is 10.6 Å². The highest BCUT2D eigenvalue weighted by molar-refractivity contribution is 7.89. The van der Waals surface area contributed by atoms with Gasteiger partial charge in [0.1, 0.15) is 0 Å². The molecular formula is C12H19N3O4S2. The average molecular weight is 333 g/mol. The molecule has 0 amide bonds. The molecule has 1 aliphatic heterocycles. The second-order valence-corrected chi connectivity index (χ2v) is 8.41. The Morgan fingerprint density at radius 2 is 2.00 bits per heavy atom. The van der Waals surface area contributed by atoms with Crippen LogP contribution in [0.2, 0.25) is 0 Å². The van der Waals surface area contributed by atoms with Crippen molar-refractivity contribution in [2.24, 2.45) is 5.14 Å². The van der Waals surface area contributed by atoms with Gasteiger partial charge in [-0.25, -0.2) is 26.7 Å². The van der Waals surface area contributed by atoms with Crippen molar-refractivity contribution in [2.45, 2.75) is 24.3 Å². The first-order valence-electron chi connectivity index (χ1n) is 6.61. The second kappa shape index (κ2) is 6.41. The molecule has 1 aliphatic rings. The van der Waals surface area contributed by atoms with Gasteiger partial charge < -0.3 is 5.32 Å². The van der Waals surface area contributed by atoms with E-state index in [2.05, 4.69) is 10.0 Å². The zero-order chi connectivity index (χ0) is 15.5. The van der Waals surface area contributed by atoms with E-state index in [9.17, 15) is 16.8 Å². The van der Waals surface area contributed by atoms with Crippen LogP contribution in [0.15, 0.2) is 23.1 Å². The first kappa shape index (κ1) is 16.4. The Hall–Kier alpha value is -1.00. The lowest BCUT2D eigenvalue weighted by Crippen LogP contribution is -2.30. The van der Waals surface area contributed by atoms with Crippen LogP contribution in [-0.2, 0) is 33.0 Å². The standard InChI is InChI=1S/C12H19N3O4S2/c13-20(16,17)8-2-6-15-21(18,19)12-4-1-3-10-9-14-7-5-11(10)12/h1,3-4,14-15H,2,5-9H2,(H2,13,16,17). The molecule has 0 unspecified atom stereocenters. The van der Waals surface area contributed by atoms with Crippen molar-refractivity contribution in [3.8, 4) is 0 Å². The largest absolute Gasteiger partial charge is 0.312 e. The number of hydrogen-bond donors (Lipinski definition) is 3. The van der Waals surface area contributed by atoms with Crippen LogP contribution in [0.5, 0.6) is 0 Å². The summed E-state index contributed by atoms with van der Waals surface area (Å²) < 4.78 is 48.7. The number of nitrogens with one attached hydrogen (secondary N) is 2. The molecule has 7 nitrogen and oxygen atoms in total. The molecule has 0 atom stereocenters. The molecule has 0 bridgehead atoms. The predicted octanol–water partition coefficient (Wildman–Crippen LogP) is -0.711. The number of hydrogen-bond acceptors (Lipinski definition) is 5. The van der Waals surface area contributed by atoms with Gasteiger partial charge in [0.25, 0.3) is 0 Å². The fourth-order valence-electron chi connectivity index (χ4n) is 2.31. The van der Waals surface area contributed by atoms with E-state index >= 15 is 0 Å². The van der Waals surface area contributed by atoms with Crippen LogP contribution in [0.3, 0.4) is 0 Å². The Morgan fingerprint density at radius 3 is 2.71 bits per heavy atom. The molecule has 0 aromatic heterocycles.